The standard InChI is InChI=1S/C21H44O2/c1-7-11-13-18(9-3)15-16-20(5,6)21(22,23)17-19(10-4)14-12-8-2/h18-19,22-23H,7-17H2,1-6H3. The molecule has 0 aromatic carbocycles. The fourth-order valence-corrected chi connectivity index (χ4v) is 3.43. The minimum Gasteiger partial charge on any atom is -0.365 e. The van der Waals surface area contributed by atoms with Gasteiger partial charge in [0.15, 0.2) is 5.79 Å². The summed E-state index contributed by atoms with van der Waals surface area (Å²) in [6.45, 7) is 12.9. The predicted molar refractivity (Wildman–Crippen MR) is 101 cm³/mol. The van der Waals surface area contributed by atoms with Crippen molar-refractivity contribution in [2.75, 3.05) is 0 Å². The van der Waals surface area contributed by atoms with Gasteiger partial charge in [0, 0.05) is 11.8 Å². The second-order valence-electron chi connectivity index (χ2n) is 8.28. The van der Waals surface area contributed by atoms with Gasteiger partial charge in [-0.05, 0) is 24.7 Å². The highest BCUT2D eigenvalue weighted by Crippen LogP contribution is 2.41. The number of hydrogen-bond acceptors (Lipinski definition) is 2. The van der Waals surface area contributed by atoms with Gasteiger partial charge in [-0.1, -0.05) is 92.9 Å². The largest absolute Gasteiger partial charge is 0.365 e. The predicted octanol–water partition coefficient (Wildman–Crippen LogP) is 6.30. The number of unbranched alkanes of at least 4 members (excludes halogenated alkanes) is 2. The molecule has 0 aromatic rings. The summed E-state index contributed by atoms with van der Waals surface area (Å²) >= 11 is 0. The van der Waals surface area contributed by atoms with Gasteiger partial charge in [0.05, 0.1) is 0 Å². The van der Waals surface area contributed by atoms with Crippen LogP contribution in [0.3, 0.4) is 0 Å². The Morgan fingerprint density at radius 3 is 1.65 bits per heavy atom. The van der Waals surface area contributed by atoms with Crippen molar-refractivity contribution >= 4 is 0 Å². The van der Waals surface area contributed by atoms with E-state index in [-0.39, 0.29) is 0 Å². The molecule has 0 amide bonds. The first-order chi connectivity index (χ1) is 10.7. The van der Waals surface area contributed by atoms with Crippen molar-refractivity contribution in [3.8, 4) is 0 Å². The fourth-order valence-electron chi connectivity index (χ4n) is 3.43. The van der Waals surface area contributed by atoms with Gasteiger partial charge < -0.3 is 10.2 Å². The van der Waals surface area contributed by atoms with E-state index in [4.69, 9.17) is 0 Å². The van der Waals surface area contributed by atoms with Crippen LogP contribution < -0.4 is 0 Å². The van der Waals surface area contributed by atoms with E-state index in [1.165, 1.54) is 38.5 Å². The molecular weight excluding hydrogens is 284 g/mol. The molecule has 0 aliphatic rings. The minimum atomic E-state index is -1.55. The van der Waals surface area contributed by atoms with Crippen LogP contribution in [0, 0.1) is 17.3 Å². The molecule has 0 aromatic heterocycles. The molecule has 2 nitrogen and oxygen atoms in total. The molecule has 0 fully saturated rings. The Bertz CT molecular complexity index is 284. The monoisotopic (exact) mass is 328 g/mol. The van der Waals surface area contributed by atoms with E-state index in [9.17, 15) is 10.2 Å². The lowest BCUT2D eigenvalue weighted by molar-refractivity contribution is -0.246. The van der Waals surface area contributed by atoms with E-state index in [0.29, 0.717) is 12.3 Å². The minimum absolute atomic E-state index is 0.422. The average Bonchev–Trinajstić information content (AvgIpc) is 2.51. The second-order valence-corrected chi connectivity index (χ2v) is 8.28. The van der Waals surface area contributed by atoms with Crippen LogP contribution in [0.2, 0.25) is 0 Å². The van der Waals surface area contributed by atoms with Crippen molar-refractivity contribution in [2.24, 2.45) is 17.3 Å². The third-order valence-corrected chi connectivity index (χ3v) is 5.92. The Morgan fingerprint density at radius 2 is 1.22 bits per heavy atom. The molecule has 2 heteroatoms. The van der Waals surface area contributed by atoms with Crippen molar-refractivity contribution in [3.63, 3.8) is 0 Å². The zero-order chi connectivity index (χ0) is 17.9. The first kappa shape index (κ1) is 22.9. The molecule has 0 spiro atoms. The molecule has 0 rings (SSSR count). The maximum Gasteiger partial charge on any atom is 0.167 e. The zero-order valence-corrected chi connectivity index (χ0v) is 16.8. The molecule has 2 unspecified atom stereocenters. The van der Waals surface area contributed by atoms with Crippen LogP contribution in [0.5, 0.6) is 0 Å². The van der Waals surface area contributed by atoms with E-state index in [2.05, 4.69) is 27.7 Å². The van der Waals surface area contributed by atoms with Crippen LogP contribution in [0.25, 0.3) is 0 Å². The zero-order valence-electron chi connectivity index (χ0n) is 16.8. The molecule has 23 heavy (non-hydrogen) atoms. The van der Waals surface area contributed by atoms with Crippen LogP contribution in [-0.4, -0.2) is 16.0 Å². The maximum atomic E-state index is 10.8. The second kappa shape index (κ2) is 11.5. The summed E-state index contributed by atoms with van der Waals surface area (Å²) in [6.07, 6.45) is 12.1. The summed E-state index contributed by atoms with van der Waals surface area (Å²) in [5.74, 6) is -0.400. The topological polar surface area (TPSA) is 40.5 Å². The highest BCUT2D eigenvalue weighted by atomic mass is 16.5. The summed E-state index contributed by atoms with van der Waals surface area (Å²) < 4.78 is 0. The van der Waals surface area contributed by atoms with Gasteiger partial charge in [0.1, 0.15) is 0 Å². The Morgan fingerprint density at radius 1 is 0.739 bits per heavy atom. The number of aliphatic hydroxyl groups is 2. The average molecular weight is 329 g/mol. The van der Waals surface area contributed by atoms with Gasteiger partial charge in [-0.15, -0.1) is 0 Å². The molecule has 0 aliphatic heterocycles. The van der Waals surface area contributed by atoms with E-state index >= 15 is 0 Å². The van der Waals surface area contributed by atoms with Crippen molar-refractivity contribution in [3.05, 3.63) is 0 Å². The van der Waals surface area contributed by atoms with E-state index in [1.54, 1.807) is 0 Å². The van der Waals surface area contributed by atoms with Gasteiger partial charge >= 0.3 is 0 Å². The van der Waals surface area contributed by atoms with Crippen LogP contribution in [0.1, 0.15) is 112 Å². The van der Waals surface area contributed by atoms with Gasteiger partial charge in [-0.3, -0.25) is 0 Å². The van der Waals surface area contributed by atoms with Crippen molar-refractivity contribution < 1.29 is 10.2 Å². The molecule has 0 radical (unpaired) electrons. The van der Waals surface area contributed by atoms with Crippen LogP contribution in [0.4, 0.5) is 0 Å². The Balaban J connectivity index is 4.60. The Labute approximate surface area is 146 Å². The summed E-state index contributed by atoms with van der Waals surface area (Å²) in [4.78, 5) is 0. The third kappa shape index (κ3) is 8.54. The normalized spacial score (nSPS) is 15.7. The SMILES string of the molecule is CCCCC(CC)CCC(C)(C)C(O)(O)CC(CC)CCCC. The smallest absolute Gasteiger partial charge is 0.167 e. The van der Waals surface area contributed by atoms with Crippen LogP contribution in [0.15, 0.2) is 0 Å². The van der Waals surface area contributed by atoms with E-state index < -0.39 is 11.2 Å². The summed E-state index contributed by atoms with van der Waals surface area (Å²) in [5.41, 5.74) is -0.438. The van der Waals surface area contributed by atoms with Crippen molar-refractivity contribution in [2.45, 2.75) is 118 Å². The highest BCUT2D eigenvalue weighted by Gasteiger charge is 2.42. The molecule has 0 heterocycles. The highest BCUT2D eigenvalue weighted by molar-refractivity contribution is 4.86. The van der Waals surface area contributed by atoms with Gasteiger partial charge in [-0.25, -0.2) is 0 Å². The summed E-state index contributed by atoms with van der Waals surface area (Å²) in [5, 5.41) is 21.5. The molecule has 2 N–H and O–H groups in total. The third-order valence-electron chi connectivity index (χ3n) is 5.92. The van der Waals surface area contributed by atoms with Gasteiger partial charge in [0.2, 0.25) is 0 Å². The lowest BCUT2D eigenvalue weighted by Gasteiger charge is -2.41. The van der Waals surface area contributed by atoms with Crippen LogP contribution >= 0.6 is 0 Å². The van der Waals surface area contributed by atoms with E-state index in [1.807, 2.05) is 13.8 Å². The lowest BCUT2D eigenvalue weighted by atomic mass is 9.72. The van der Waals surface area contributed by atoms with Gasteiger partial charge in [0.25, 0.3) is 0 Å². The Hall–Kier alpha value is -0.0800. The molecule has 0 saturated carbocycles. The fraction of sp³-hybridized carbons (Fsp3) is 1.00. The first-order valence-electron chi connectivity index (χ1n) is 10.2. The molecule has 140 valence electrons. The van der Waals surface area contributed by atoms with Gasteiger partial charge in [-0.2, -0.15) is 0 Å². The molecular formula is C21H44O2. The summed E-state index contributed by atoms with van der Waals surface area (Å²) in [6, 6.07) is 0. The lowest BCUT2D eigenvalue weighted by Crippen LogP contribution is -2.46. The number of hydrogen-bond donors (Lipinski definition) is 2. The molecule has 0 aliphatic carbocycles. The van der Waals surface area contributed by atoms with E-state index in [0.717, 1.165) is 31.6 Å². The quantitative estimate of drug-likeness (QED) is 0.367. The summed E-state index contributed by atoms with van der Waals surface area (Å²) in [7, 11) is 0. The van der Waals surface area contributed by atoms with Crippen molar-refractivity contribution in [1.29, 1.82) is 0 Å². The van der Waals surface area contributed by atoms with Crippen molar-refractivity contribution in [1.82, 2.24) is 0 Å². The molecule has 2 atom stereocenters. The Kier molecular flexibility index (Phi) is 11.4. The molecule has 0 saturated heterocycles. The van der Waals surface area contributed by atoms with Crippen LogP contribution in [-0.2, 0) is 0 Å². The maximum absolute atomic E-state index is 10.8. The first-order valence-corrected chi connectivity index (χ1v) is 10.2. The molecule has 0 bridgehead atoms. The number of rotatable bonds is 14.